The first-order valence-electron chi connectivity index (χ1n) is 10.8. The molecule has 0 aromatic carbocycles. The Kier molecular flexibility index (Phi) is 2.92. The van der Waals surface area contributed by atoms with Crippen LogP contribution in [0.2, 0.25) is 0 Å². The van der Waals surface area contributed by atoms with Crippen LogP contribution in [0.4, 0.5) is 0 Å². The second-order valence-electron chi connectivity index (χ2n) is 10.9. The molecule has 6 saturated carbocycles. The summed E-state index contributed by atoms with van der Waals surface area (Å²) in [4.78, 5) is 2.65. The van der Waals surface area contributed by atoms with E-state index in [2.05, 4.69) is 25.3 Å². The third kappa shape index (κ3) is 1.40. The lowest BCUT2D eigenvalue weighted by Crippen LogP contribution is -2.88. The van der Waals surface area contributed by atoms with Gasteiger partial charge in [0.2, 0.25) is 0 Å². The molecule has 0 unspecified atom stereocenters. The fourth-order valence-electron chi connectivity index (χ4n) is 9.96. The van der Waals surface area contributed by atoms with Crippen molar-refractivity contribution in [2.45, 2.75) is 70.3 Å². The van der Waals surface area contributed by atoms with Gasteiger partial charge in [-0.2, -0.15) is 0 Å². The summed E-state index contributed by atoms with van der Waals surface area (Å²) >= 11 is 0. The molecule has 0 radical (unpaired) electrons. The number of aliphatic hydroxyl groups is 3. The van der Waals surface area contributed by atoms with Crippen LogP contribution in [0.25, 0.3) is 0 Å². The molecule has 4 heteroatoms. The lowest BCUT2D eigenvalue weighted by molar-refractivity contribution is -0.384. The highest BCUT2D eigenvalue weighted by molar-refractivity contribution is 5.38. The lowest BCUT2D eigenvalue weighted by Gasteiger charge is -2.84. The monoisotopic (exact) mass is 359 g/mol. The largest absolute Gasteiger partial charge is 0.392 e. The molecule has 2 spiro atoms. The predicted octanol–water partition coefficient (Wildman–Crippen LogP) is 1.79. The van der Waals surface area contributed by atoms with Crippen molar-refractivity contribution in [3.05, 3.63) is 12.2 Å². The Morgan fingerprint density at radius 1 is 1.23 bits per heavy atom. The van der Waals surface area contributed by atoms with E-state index in [-0.39, 0.29) is 34.2 Å². The Labute approximate surface area is 156 Å². The van der Waals surface area contributed by atoms with Crippen molar-refractivity contribution < 1.29 is 15.3 Å². The van der Waals surface area contributed by atoms with Gasteiger partial charge in [-0.1, -0.05) is 20.4 Å². The summed E-state index contributed by atoms with van der Waals surface area (Å²) in [6.07, 6.45) is 3.50. The van der Waals surface area contributed by atoms with Crippen LogP contribution >= 0.6 is 0 Å². The van der Waals surface area contributed by atoms with Gasteiger partial charge in [-0.3, -0.25) is 4.90 Å². The topological polar surface area (TPSA) is 63.9 Å². The van der Waals surface area contributed by atoms with Crippen molar-refractivity contribution in [3.63, 3.8) is 0 Å². The Bertz CT molecular complexity index is 695. The lowest BCUT2D eigenvalue weighted by atomic mass is 9.24. The van der Waals surface area contributed by atoms with Crippen LogP contribution in [0.15, 0.2) is 12.2 Å². The van der Waals surface area contributed by atoms with E-state index in [4.69, 9.17) is 0 Å². The van der Waals surface area contributed by atoms with Gasteiger partial charge in [-0.25, -0.2) is 0 Å². The van der Waals surface area contributed by atoms with Gasteiger partial charge < -0.3 is 15.3 Å². The normalized spacial score (nSPS) is 65.5. The van der Waals surface area contributed by atoms with E-state index < -0.39 is 12.2 Å². The van der Waals surface area contributed by atoms with Crippen LogP contribution in [0.5, 0.6) is 0 Å². The summed E-state index contributed by atoms with van der Waals surface area (Å²) in [5.74, 6) is 1.44. The third-order valence-corrected chi connectivity index (χ3v) is 10.4. The van der Waals surface area contributed by atoms with Crippen molar-refractivity contribution in [1.29, 1.82) is 0 Å². The van der Waals surface area contributed by atoms with E-state index in [0.29, 0.717) is 17.9 Å². The zero-order chi connectivity index (χ0) is 18.2. The quantitative estimate of drug-likeness (QED) is 0.625. The fraction of sp³-hybridized carbons (Fsp3) is 0.909. The van der Waals surface area contributed by atoms with Crippen LogP contribution in [0.3, 0.4) is 0 Å². The Morgan fingerprint density at radius 3 is 2.73 bits per heavy atom. The summed E-state index contributed by atoms with van der Waals surface area (Å²) in [6.45, 7) is 11.1. The van der Waals surface area contributed by atoms with Gasteiger partial charge in [-0.15, -0.1) is 0 Å². The zero-order valence-corrected chi connectivity index (χ0v) is 16.1. The molecule has 26 heavy (non-hydrogen) atoms. The summed E-state index contributed by atoms with van der Waals surface area (Å²) < 4.78 is 0. The minimum Gasteiger partial charge on any atom is -0.392 e. The van der Waals surface area contributed by atoms with Crippen LogP contribution in [-0.4, -0.2) is 57.7 Å². The molecule has 1 saturated heterocycles. The molecule has 7 aliphatic rings. The van der Waals surface area contributed by atoms with E-state index in [9.17, 15) is 15.3 Å². The second-order valence-corrected chi connectivity index (χ2v) is 10.9. The minimum atomic E-state index is -0.495. The van der Waals surface area contributed by atoms with Crippen molar-refractivity contribution >= 4 is 0 Å². The molecule has 7 fully saturated rings. The number of hydrogen-bond donors (Lipinski definition) is 3. The molecule has 7 rings (SSSR count). The van der Waals surface area contributed by atoms with Gasteiger partial charge in [0.25, 0.3) is 0 Å². The summed E-state index contributed by atoms with van der Waals surface area (Å²) in [5.41, 5.74) is 0.873. The first-order chi connectivity index (χ1) is 12.3. The average molecular weight is 360 g/mol. The van der Waals surface area contributed by atoms with E-state index in [1.807, 2.05) is 0 Å². The molecule has 11 atom stereocenters. The first kappa shape index (κ1) is 16.5. The molecular weight excluding hydrogens is 326 g/mol. The molecule has 7 bridgehead atoms. The van der Waals surface area contributed by atoms with Crippen LogP contribution in [-0.2, 0) is 0 Å². The van der Waals surface area contributed by atoms with E-state index in [1.54, 1.807) is 0 Å². The standard InChI is InChI=1S/C22H33NO3/c1-4-23-10-20(3)6-5-16(25)22-15-7-14(24)12-8-21(15,19(26)11(12)2)9-13(17(20)22)18(22)23/h12-19,24-26H,2,4-10H2,1,3H3/t12-,13+,14+,15-,16+,17-,18-,19-,20+,21+,22+/m1/s1. The predicted molar refractivity (Wildman–Crippen MR) is 98.2 cm³/mol. The van der Waals surface area contributed by atoms with Crippen LogP contribution in [0.1, 0.15) is 46.0 Å². The SMILES string of the molecule is C=C1[C@H]2C[C@@]3(C[C@H]4[C@@H]5[C@@]6(C)CC[C@H](O)[C@]5([C@@H]3C[C@@H]2O)[C@@H]4N(CC)C6)[C@@H]1O. The highest BCUT2D eigenvalue weighted by atomic mass is 16.3. The number of nitrogens with zero attached hydrogens (tertiary/aromatic N) is 1. The number of rotatable bonds is 1. The summed E-state index contributed by atoms with van der Waals surface area (Å²) in [7, 11) is 0. The van der Waals surface area contributed by atoms with Gasteiger partial charge in [-0.05, 0) is 67.4 Å². The molecule has 4 nitrogen and oxygen atoms in total. The van der Waals surface area contributed by atoms with Gasteiger partial charge in [0.1, 0.15) is 0 Å². The Hall–Kier alpha value is -0.420. The molecule has 3 N–H and O–H groups in total. The number of piperidine rings is 2. The average Bonchev–Trinajstić information content (AvgIpc) is 2.81. The minimum absolute atomic E-state index is 0.0596. The Morgan fingerprint density at radius 2 is 2.00 bits per heavy atom. The zero-order valence-electron chi connectivity index (χ0n) is 16.1. The molecule has 0 aromatic rings. The highest BCUT2D eigenvalue weighted by Crippen LogP contribution is 2.83. The maximum absolute atomic E-state index is 11.4. The number of fused-ring (bicyclic) bond motifs is 1. The smallest absolute Gasteiger partial charge is 0.0810 e. The molecule has 1 aliphatic heterocycles. The first-order valence-corrected chi connectivity index (χ1v) is 10.8. The van der Waals surface area contributed by atoms with Crippen molar-refractivity contribution in [2.75, 3.05) is 13.1 Å². The van der Waals surface area contributed by atoms with E-state index in [1.165, 1.54) is 0 Å². The van der Waals surface area contributed by atoms with Gasteiger partial charge in [0, 0.05) is 29.3 Å². The summed E-state index contributed by atoms with van der Waals surface area (Å²) in [5, 5.41) is 33.6. The van der Waals surface area contributed by atoms with Gasteiger partial charge >= 0.3 is 0 Å². The number of likely N-dealkylation sites (tertiary alicyclic amines) is 1. The fourth-order valence-corrected chi connectivity index (χ4v) is 9.96. The Balaban J connectivity index is 1.55. The van der Waals surface area contributed by atoms with Crippen LogP contribution in [0, 0.1) is 39.9 Å². The van der Waals surface area contributed by atoms with Crippen molar-refractivity contribution in [1.82, 2.24) is 4.90 Å². The maximum Gasteiger partial charge on any atom is 0.0810 e. The van der Waals surface area contributed by atoms with Gasteiger partial charge in [0.15, 0.2) is 0 Å². The molecule has 1 heterocycles. The van der Waals surface area contributed by atoms with Crippen molar-refractivity contribution in [3.8, 4) is 0 Å². The molecule has 144 valence electrons. The maximum atomic E-state index is 11.4. The number of hydrogen-bond acceptors (Lipinski definition) is 4. The summed E-state index contributed by atoms with van der Waals surface area (Å²) in [6, 6.07) is 0.446. The molecule has 0 aromatic heterocycles. The second kappa shape index (κ2) is 4.59. The number of aliphatic hydroxyl groups excluding tert-OH is 3. The third-order valence-electron chi connectivity index (χ3n) is 10.4. The molecule has 6 aliphatic carbocycles. The molecular formula is C22H33NO3. The van der Waals surface area contributed by atoms with E-state index in [0.717, 1.165) is 50.8 Å². The van der Waals surface area contributed by atoms with Crippen LogP contribution < -0.4 is 0 Å². The van der Waals surface area contributed by atoms with Crippen molar-refractivity contribution in [2.24, 2.45) is 39.9 Å². The van der Waals surface area contributed by atoms with E-state index >= 15 is 0 Å². The molecule has 0 amide bonds. The highest BCUT2D eigenvalue weighted by Gasteiger charge is 2.84. The van der Waals surface area contributed by atoms with Gasteiger partial charge in [0.05, 0.1) is 18.3 Å².